The summed E-state index contributed by atoms with van der Waals surface area (Å²) in [5, 5.41) is 14.2. The Morgan fingerprint density at radius 3 is 2.29 bits per heavy atom. The van der Waals surface area contributed by atoms with Crippen LogP contribution < -0.4 is 5.32 Å². The number of anilines is 1. The molecule has 1 aliphatic heterocycles. The molecular formula is C22H23F2N3O4. The quantitative estimate of drug-likeness (QED) is 0.684. The van der Waals surface area contributed by atoms with E-state index >= 15 is 0 Å². The van der Waals surface area contributed by atoms with E-state index in [0.717, 1.165) is 28.3 Å². The Hall–Kier alpha value is -3.33. The molecule has 2 atom stereocenters. The Morgan fingerprint density at radius 1 is 1.13 bits per heavy atom. The van der Waals surface area contributed by atoms with Crippen molar-refractivity contribution in [2.45, 2.75) is 38.9 Å². The molecule has 2 amide bonds. The highest BCUT2D eigenvalue weighted by atomic mass is 19.1. The fourth-order valence-electron chi connectivity index (χ4n) is 3.69. The zero-order chi connectivity index (χ0) is 22.7. The molecule has 0 fully saturated rings. The number of carbonyl (C=O) groups is 3. The van der Waals surface area contributed by atoms with Crippen LogP contribution in [-0.2, 0) is 22.6 Å². The molecule has 2 aromatic carbocycles. The van der Waals surface area contributed by atoms with E-state index in [1.165, 1.54) is 11.1 Å². The lowest BCUT2D eigenvalue weighted by Crippen LogP contribution is -2.61. The number of amides is 2. The van der Waals surface area contributed by atoms with Crippen molar-refractivity contribution in [3.05, 3.63) is 65.2 Å². The minimum absolute atomic E-state index is 0.0391. The molecule has 164 valence electrons. The molecule has 3 rings (SSSR count). The highest BCUT2D eigenvalue weighted by Crippen LogP contribution is 2.29. The van der Waals surface area contributed by atoms with E-state index in [2.05, 4.69) is 5.32 Å². The van der Waals surface area contributed by atoms with Gasteiger partial charge in [-0.3, -0.25) is 4.79 Å². The molecule has 1 heterocycles. The maximum Gasteiger partial charge on any atom is 0.422 e. The van der Waals surface area contributed by atoms with E-state index in [1.807, 2.05) is 0 Å². The zero-order valence-corrected chi connectivity index (χ0v) is 17.1. The van der Waals surface area contributed by atoms with Gasteiger partial charge in [0.05, 0.1) is 0 Å². The van der Waals surface area contributed by atoms with Crippen LogP contribution in [0.4, 0.5) is 19.3 Å². The average molecular weight is 431 g/mol. The van der Waals surface area contributed by atoms with E-state index in [4.69, 9.17) is 0 Å². The first-order valence-electron chi connectivity index (χ1n) is 9.80. The number of carbonyl (C=O) groups excluding carboxylic acids is 2. The number of halogens is 2. The number of hydrogen-bond acceptors (Lipinski definition) is 4. The summed E-state index contributed by atoms with van der Waals surface area (Å²) in [6, 6.07) is 8.24. The standard InChI is InChI=1S/C22H23F2N3O4/c1-13(2)19(12-28)27(22(30)31)26-11-15-7-4-3-6-14(15)10-18(26)21(29)25-20-16(23)8-5-9-17(20)24/h3-9,12-13,18-19H,10-11H2,1-2H3,(H,25,29)(H,30,31)/t18-,19+/m0/s1. The molecule has 0 saturated carbocycles. The van der Waals surface area contributed by atoms with Crippen LogP contribution in [-0.4, -0.2) is 45.5 Å². The summed E-state index contributed by atoms with van der Waals surface area (Å²) in [6.45, 7) is 3.42. The Morgan fingerprint density at radius 2 is 1.74 bits per heavy atom. The van der Waals surface area contributed by atoms with Crippen LogP contribution in [0.2, 0.25) is 0 Å². The van der Waals surface area contributed by atoms with Crippen LogP contribution in [0.25, 0.3) is 0 Å². The molecule has 0 aromatic heterocycles. The van der Waals surface area contributed by atoms with Crippen LogP contribution in [0.3, 0.4) is 0 Å². The molecule has 0 unspecified atom stereocenters. The Labute approximate surface area is 178 Å². The van der Waals surface area contributed by atoms with Crippen molar-refractivity contribution in [2.75, 3.05) is 5.32 Å². The molecule has 9 heteroatoms. The Bertz CT molecular complexity index is 978. The van der Waals surface area contributed by atoms with Crippen molar-refractivity contribution >= 4 is 24.0 Å². The molecule has 0 radical (unpaired) electrons. The van der Waals surface area contributed by atoms with Gasteiger partial charge in [-0.2, -0.15) is 5.01 Å². The number of hydrazine groups is 1. The van der Waals surface area contributed by atoms with Crippen LogP contribution in [0, 0.1) is 17.6 Å². The number of benzene rings is 2. The molecule has 31 heavy (non-hydrogen) atoms. The molecule has 0 aliphatic carbocycles. The van der Waals surface area contributed by atoms with E-state index in [0.29, 0.717) is 6.29 Å². The summed E-state index contributed by atoms with van der Waals surface area (Å²) in [7, 11) is 0. The average Bonchev–Trinajstić information content (AvgIpc) is 2.73. The third-order valence-electron chi connectivity index (χ3n) is 5.31. The minimum Gasteiger partial charge on any atom is -0.464 e. The lowest BCUT2D eigenvalue weighted by molar-refractivity contribution is -0.141. The van der Waals surface area contributed by atoms with Gasteiger partial charge in [0.1, 0.15) is 35.7 Å². The fourth-order valence-corrected chi connectivity index (χ4v) is 3.69. The third-order valence-corrected chi connectivity index (χ3v) is 5.31. The number of hydrogen-bond donors (Lipinski definition) is 2. The lowest BCUT2D eigenvalue weighted by Gasteiger charge is -2.44. The van der Waals surface area contributed by atoms with Gasteiger partial charge < -0.3 is 15.2 Å². The molecule has 2 N–H and O–H groups in total. The first-order chi connectivity index (χ1) is 14.7. The van der Waals surface area contributed by atoms with Crippen LogP contribution >= 0.6 is 0 Å². The molecule has 7 nitrogen and oxygen atoms in total. The van der Waals surface area contributed by atoms with Gasteiger partial charge in [-0.05, 0) is 35.6 Å². The van der Waals surface area contributed by atoms with E-state index in [-0.39, 0.29) is 18.9 Å². The second-order valence-electron chi connectivity index (χ2n) is 7.67. The van der Waals surface area contributed by atoms with Crippen molar-refractivity contribution < 1.29 is 28.3 Å². The van der Waals surface area contributed by atoms with E-state index in [9.17, 15) is 28.3 Å². The predicted octanol–water partition coefficient (Wildman–Crippen LogP) is 3.45. The van der Waals surface area contributed by atoms with Crippen molar-refractivity contribution in [3.63, 3.8) is 0 Å². The minimum atomic E-state index is -1.40. The monoisotopic (exact) mass is 431 g/mol. The molecule has 2 aromatic rings. The highest BCUT2D eigenvalue weighted by Gasteiger charge is 2.41. The van der Waals surface area contributed by atoms with Gasteiger partial charge in [-0.25, -0.2) is 18.6 Å². The lowest BCUT2D eigenvalue weighted by atomic mass is 9.94. The predicted molar refractivity (Wildman–Crippen MR) is 109 cm³/mol. The van der Waals surface area contributed by atoms with Crippen molar-refractivity contribution in [3.8, 4) is 0 Å². The Kier molecular flexibility index (Phi) is 6.65. The molecular weight excluding hydrogens is 408 g/mol. The summed E-state index contributed by atoms with van der Waals surface area (Å²) >= 11 is 0. The third kappa shape index (κ3) is 4.56. The normalized spacial score (nSPS) is 17.0. The number of nitrogens with one attached hydrogen (secondary N) is 1. The van der Waals surface area contributed by atoms with Gasteiger partial charge >= 0.3 is 6.09 Å². The maximum atomic E-state index is 14.1. The number of para-hydroxylation sites is 1. The van der Waals surface area contributed by atoms with Gasteiger partial charge in [0.25, 0.3) is 0 Å². The fraction of sp³-hybridized carbons (Fsp3) is 0.318. The van der Waals surface area contributed by atoms with Crippen LogP contribution in [0.15, 0.2) is 42.5 Å². The number of rotatable bonds is 6. The number of nitrogens with zero attached hydrogens (tertiary/aromatic N) is 2. The largest absolute Gasteiger partial charge is 0.464 e. The molecule has 1 aliphatic rings. The summed E-state index contributed by atoms with van der Waals surface area (Å²) in [5.41, 5.74) is 0.998. The number of fused-ring (bicyclic) bond motifs is 1. The van der Waals surface area contributed by atoms with E-state index < -0.39 is 41.4 Å². The smallest absolute Gasteiger partial charge is 0.422 e. The number of aldehydes is 1. The van der Waals surface area contributed by atoms with Gasteiger partial charge in [0.2, 0.25) is 5.91 Å². The van der Waals surface area contributed by atoms with Crippen molar-refractivity contribution in [1.82, 2.24) is 10.0 Å². The van der Waals surface area contributed by atoms with Crippen molar-refractivity contribution in [1.29, 1.82) is 0 Å². The SMILES string of the molecule is CC(C)[C@@H](C=O)N(C(=O)O)N1Cc2ccccc2C[C@H]1C(=O)Nc1c(F)cccc1F. The first kappa shape index (κ1) is 22.4. The summed E-state index contributed by atoms with van der Waals surface area (Å²) in [6.07, 6.45) is -0.781. The number of carboxylic acid groups (broad SMARTS) is 1. The van der Waals surface area contributed by atoms with Crippen molar-refractivity contribution in [2.24, 2.45) is 5.92 Å². The van der Waals surface area contributed by atoms with Gasteiger partial charge in [-0.1, -0.05) is 44.2 Å². The zero-order valence-electron chi connectivity index (χ0n) is 17.1. The molecule has 0 saturated heterocycles. The van der Waals surface area contributed by atoms with Gasteiger partial charge in [0.15, 0.2) is 0 Å². The second kappa shape index (κ2) is 9.22. The maximum absolute atomic E-state index is 14.1. The van der Waals surface area contributed by atoms with Gasteiger partial charge in [-0.15, -0.1) is 0 Å². The molecule has 0 bridgehead atoms. The Balaban J connectivity index is 2.02. The van der Waals surface area contributed by atoms with E-state index in [1.54, 1.807) is 38.1 Å². The summed E-state index contributed by atoms with van der Waals surface area (Å²) in [4.78, 5) is 36.9. The highest BCUT2D eigenvalue weighted by molar-refractivity contribution is 5.95. The topological polar surface area (TPSA) is 90.0 Å². The van der Waals surface area contributed by atoms with Gasteiger partial charge in [0, 0.05) is 6.54 Å². The van der Waals surface area contributed by atoms with Crippen LogP contribution in [0.1, 0.15) is 25.0 Å². The second-order valence-corrected chi connectivity index (χ2v) is 7.67. The summed E-state index contributed by atoms with van der Waals surface area (Å²) < 4.78 is 28.1. The first-order valence-corrected chi connectivity index (χ1v) is 9.80. The summed E-state index contributed by atoms with van der Waals surface area (Å²) in [5.74, 6) is -3.03. The van der Waals surface area contributed by atoms with Crippen LogP contribution in [0.5, 0.6) is 0 Å². The molecule has 0 spiro atoms.